The quantitative estimate of drug-likeness (QED) is 0.705. The zero-order valence-electron chi connectivity index (χ0n) is 12.3. The molecule has 0 radical (unpaired) electrons. The van der Waals surface area contributed by atoms with E-state index >= 15 is 0 Å². The SMILES string of the molecule is COc1ccc(C(Cl)Cc2ccccc2C)c(OC)c1Cl. The van der Waals surface area contributed by atoms with Crippen LogP contribution in [0.5, 0.6) is 11.5 Å². The van der Waals surface area contributed by atoms with Crippen LogP contribution in [0.3, 0.4) is 0 Å². The fraction of sp³-hybridized carbons (Fsp3) is 0.294. The summed E-state index contributed by atoms with van der Waals surface area (Å²) >= 11 is 12.9. The minimum Gasteiger partial charge on any atom is -0.495 e. The number of hydrogen-bond acceptors (Lipinski definition) is 2. The van der Waals surface area contributed by atoms with E-state index in [0.717, 1.165) is 5.56 Å². The Bertz CT molecular complexity index is 626. The van der Waals surface area contributed by atoms with E-state index in [-0.39, 0.29) is 5.38 Å². The van der Waals surface area contributed by atoms with E-state index in [0.29, 0.717) is 22.9 Å². The van der Waals surface area contributed by atoms with E-state index in [1.165, 1.54) is 11.1 Å². The van der Waals surface area contributed by atoms with Gasteiger partial charge in [-0.05, 0) is 30.5 Å². The lowest BCUT2D eigenvalue weighted by Crippen LogP contribution is -2.02. The highest BCUT2D eigenvalue weighted by Gasteiger charge is 2.19. The van der Waals surface area contributed by atoms with Gasteiger partial charge in [-0.2, -0.15) is 0 Å². The number of rotatable bonds is 5. The molecule has 1 atom stereocenters. The molecule has 0 saturated carbocycles. The fourth-order valence-electron chi connectivity index (χ4n) is 2.31. The molecule has 112 valence electrons. The minimum atomic E-state index is -0.218. The Morgan fingerprint density at radius 1 is 1.05 bits per heavy atom. The molecule has 2 rings (SSSR count). The minimum absolute atomic E-state index is 0.218. The second-order valence-corrected chi connectivity index (χ2v) is 5.71. The van der Waals surface area contributed by atoms with Gasteiger partial charge in [0.15, 0.2) is 0 Å². The van der Waals surface area contributed by atoms with Crippen LogP contribution in [0.1, 0.15) is 22.1 Å². The monoisotopic (exact) mass is 324 g/mol. The van der Waals surface area contributed by atoms with E-state index in [9.17, 15) is 0 Å². The number of benzene rings is 2. The molecule has 0 aliphatic heterocycles. The molecule has 21 heavy (non-hydrogen) atoms. The van der Waals surface area contributed by atoms with Gasteiger partial charge in [-0.3, -0.25) is 0 Å². The predicted molar refractivity (Wildman–Crippen MR) is 88.0 cm³/mol. The lowest BCUT2D eigenvalue weighted by atomic mass is 9.99. The van der Waals surface area contributed by atoms with Crippen LogP contribution in [0.25, 0.3) is 0 Å². The second-order valence-electron chi connectivity index (χ2n) is 4.80. The lowest BCUT2D eigenvalue weighted by molar-refractivity contribution is 0.391. The Labute approximate surface area is 135 Å². The summed E-state index contributed by atoms with van der Waals surface area (Å²) < 4.78 is 10.6. The van der Waals surface area contributed by atoms with Gasteiger partial charge >= 0.3 is 0 Å². The van der Waals surface area contributed by atoms with Crippen LogP contribution in [0.2, 0.25) is 5.02 Å². The van der Waals surface area contributed by atoms with Crippen LogP contribution in [0, 0.1) is 6.92 Å². The van der Waals surface area contributed by atoms with Crippen molar-refractivity contribution in [3.05, 3.63) is 58.1 Å². The number of alkyl halides is 1. The first-order chi connectivity index (χ1) is 10.1. The van der Waals surface area contributed by atoms with Gasteiger partial charge in [-0.25, -0.2) is 0 Å². The van der Waals surface area contributed by atoms with E-state index in [2.05, 4.69) is 19.1 Å². The Morgan fingerprint density at radius 2 is 1.76 bits per heavy atom. The summed E-state index contributed by atoms with van der Waals surface area (Å²) in [4.78, 5) is 0. The van der Waals surface area contributed by atoms with Crippen molar-refractivity contribution in [1.29, 1.82) is 0 Å². The third-order valence-corrected chi connectivity index (χ3v) is 4.26. The summed E-state index contributed by atoms with van der Waals surface area (Å²) in [5, 5.41) is 0.234. The molecule has 2 nitrogen and oxygen atoms in total. The molecule has 0 amide bonds. The van der Waals surface area contributed by atoms with Gasteiger partial charge < -0.3 is 9.47 Å². The van der Waals surface area contributed by atoms with Gasteiger partial charge in [-0.15, -0.1) is 11.6 Å². The van der Waals surface area contributed by atoms with E-state index < -0.39 is 0 Å². The van der Waals surface area contributed by atoms with Crippen LogP contribution in [-0.4, -0.2) is 14.2 Å². The summed E-state index contributed by atoms with van der Waals surface area (Å²) in [6.07, 6.45) is 0.716. The van der Waals surface area contributed by atoms with Crippen LogP contribution in [-0.2, 0) is 6.42 Å². The number of hydrogen-bond donors (Lipinski definition) is 0. The molecule has 0 saturated heterocycles. The van der Waals surface area contributed by atoms with E-state index in [4.69, 9.17) is 32.7 Å². The van der Waals surface area contributed by atoms with Crippen molar-refractivity contribution >= 4 is 23.2 Å². The van der Waals surface area contributed by atoms with Crippen LogP contribution < -0.4 is 9.47 Å². The molecule has 0 aromatic heterocycles. The number of aryl methyl sites for hydroxylation is 1. The Balaban J connectivity index is 2.33. The Hall–Kier alpha value is -1.38. The molecular weight excluding hydrogens is 307 g/mol. The number of ether oxygens (including phenoxy) is 2. The smallest absolute Gasteiger partial charge is 0.145 e. The van der Waals surface area contributed by atoms with Gasteiger partial charge in [0, 0.05) is 5.56 Å². The maximum absolute atomic E-state index is 6.58. The van der Waals surface area contributed by atoms with Gasteiger partial charge in [0.25, 0.3) is 0 Å². The molecule has 1 unspecified atom stereocenters. The molecule has 2 aromatic carbocycles. The summed E-state index contributed by atoms with van der Waals surface area (Å²) in [6, 6.07) is 11.9. The highest BCUT2D eigenvalue weighted by Crippen LogP contribution is 2.42. The largest absolute Gasteiger partial charge is 0.495 e. The zero-order chi connectivity index (χ0) is 15.4. The normalized spacial score (nSPS) is 12.0. The number of methoxy groups -OCH3 is 2. The van der Waals surface area contributed by atoms with Crippen molar-refractivity contribution in [2.45, 2.75) is 18.7 Å². The Kier molecular flexibility index (Phi) is 5.38. The summed E-state index contributed by atoms with van der Waals surface area (Å²) in [6.45, 7) is 2.08. The molecule has 2 aromatic rings. The third-order valence-electron chi connectivity index (χ3n) is 3.51. The van der Waals surface area contributed by atoms with Crippen molar-refractivity contribution in [3.63, 3.8) is 0 Å². The average molecular weight is 325 g/mol. The van der Waals surface area contributed by atoms with Crippen molar-refractivity contribution < 1.29 is 9.47 Å². The molecular formula is C17H18Cl2O2. The molecule has 0 spiro atoms. The van der Waals surface area contributed by atoms with Crippen LogP contribution in [0.4, 0.5) is 0 Å². The average Bonchev–Trinajstić information content (AvgIpc) is 2.49. The van der Waals surface area contributed by atoms with Gasteiger partial charge in [0.2, 0.25) is 0 Å². The topological polar surface area (TPSA) is 18.5 Å². The highest BCUT2D eigenvalue weighted by atomic mass is 35.5. The highest BCUT2D eigenvalue weighted by molar-refractivity contribution is 6.34. The van der Waals surface area contributed by atoms with Crippen molar-refractivity contribution in [1.82, 2.24) is 0 Å². The van der Waals surface area contributed by atoms with Gasteiger partial charge in [0.1, 0.15) is 16.5 Å². The molecule has 0 heterocycles. The van der Waals surface area contributed by atoms with Crippen LogP contribution >= 0.6 is 23.2 Å². The van der Waals surface area contributed by atoms with E-state index in [1.807, 2.05) is 24.3 Å². The standard InChI is InChI=1S/C17H18Cl2O2/c1-11-6-4-5-7-12(11)10-14(18)13-8-9-15(20-2)16(19)17(13)21-3/h4-9,14H,10H2,1-3H3. The van der Waals surface area contributed by atoms with Crippen molar-refractivity contribution in [2.75, 3.05) is 14.2 Å². The molecule has 4 heteroatoms. The van der Waals surface area contributed by atoms with Crippen LogP contribution in [0.15, 0.2) is 36.4 Å². The maximum Gasteiger partial charge on any atom is 0.145 e. The van der Waals surface area contributed by atoms with Crippen molar-refractivity contribution in [3.8, 4) is 11.5 Å². The third kappa shape index (κ3) is 3.45. The fourth-order valence-corrected chi connectivity index (χ4v) is 2.97. The Morgan fingerprint density at radius 3 is 2.38 bits per heavy atom. The van der Waals surface area contributed by atoms with Gasteiger partial charge in [-0.1, -0.05) is 41.9 Å². The molecule has 0 fully saturated rings. The zero-order valence-corrected chi connectivity index (χ0v) is 13.8. The summed E-state index contributed by atoms with van der Waals surface area (Å²) in [5.41, 5.74) is 3.31. The molecule has 0 N–H and O–H groups in total. The molecule has 0 aliphatic rings. The molecule has 0 bridgehead atoms. The first-order valence-electron chi connectivity index (χ1n) is 6.67. The lowest BCUT2D eigenvalue weighted by Gasteiger charge is -2.17. The first-order valence-corrected chi connectivity index (χ1v) is 7.48. The maximum atomic E-state index is 6.58. The summed E-state index contributed by atoms with van der Waals surface area (Å²) in [5.74, 6) is 1.15. The van der Waals surface area contributed by atoms with E-state index in [1.54, 1.807) is 14.2 Å². The number of halogens is 2. The van der Waals surface area contributed by atoms with Gasteiger partial charge in [0.05, 0.1) is 19.6 Å². The van der Waals surface area contributed by atoms with Crippen molar-refractivity contribution in [2.24, 2.45) is 0 Å². The first kappa shape index (κ1) is 16.0. The second kappa shape index (κ2) is 7.06. The summed E-state index contributed by atoms with van der Waals surface area (Å²) in [7, 11) is 3.16. The predicted octanol–water partition coefficient (Wildman–Crippen LogP) is 5.19. The molecule has 0 aliphatic carbocycles.